The summed E-state index contributed by atoms with van der Waals surface area (Å²) in [5.41, 5.74) is 0.443. The van der Waals surface area contributed by atoms with Gasteiger partial charge in [0.1, 0.15) is 11.6 Å². The molecule has 0 atom stereocenters. The molecule has 1 aromatic carbocycles. The molecule has 9 heteroatoms. The van der Waals surface area contributed by atoms with Gasteiger partial charge in [-0.3, -0.25) is 4.79 Å². The third-order valence-electron chi connectivity index (χ3n) is 4.45. The Balaban J connectivity index is 1.68. The number of hydrogen-bond donors (Lipinski definition) is 2. The second-order valence-electron chi connectivity index (χ2n) is 6.25. The Bertz CT molecular complexity index is 926. The van der Waals surface area contributed by atoms with Gasteiger partial charge in [0, 0.05) is 25.8 Å². The van der Waals surface area contributed by atoms with Crippen LogP contribution in [0.1, 0.15) is 28.8 Å². The molecule has 1 amide bonds. The van der Waals surface area contributed by atoms with Crippen LogP contribution in [0.25, 0.3) is 0 Å². The Morgan fingerprint density at radius 2 is 1.96 bits per heavy atom. The van der Waals surface area contributed by atoms with Crippen LogP contribution in [-0.4, -0.2) is 39.4 Å². The fourth-order valence-corrected chi connectivity index (χ4v) is 3.65. The van der Waals surface area contributed by atoms with Gasteiger partial charge in [-0.15, -0.1) is 0 Å². The van der Waals surface area contributed by atoms with Gasteiger partial charge in [0.2, 0.25) is 10.0 Å². The molecule has 1 fully saturated rings. The fraction of sp³-hybridized carbons (Fsp3) is 0.333. The molecule has 2 aromatic rings. The Kier molecular flexibility index (Phi) is 5.71. The molecule has 3 rings (SSSR count). The summed E-state index contributed by atoms with van der Waals surface area (Å²) in [5, 5.41) is 2.59. The highest BCUT2D eigenvalue weighted by atomic mass is 32.2. The first-order valence-electron chi connectivity index (χ1n) is 8.62. The van der Waals surface area contributed by atoms with E-state index in [4.69, 9.17) is 0 Å². The lowest BCUT2D eigenvalue weighted by Crippen LogP contribution is -2.25. The summed E-state index contributed by atoms with van der Waals surface area (Å²) in [6.45, 7) is 2.15. The summed E-state index contributed by atoms with van der Waals surface area (Å²) in [5.74, 6) is -0.576. The smallest absolute Gasteiger partial charge is 0.254 e. The number of pyridine rings is 1. The van der Waals surface area contributed by atoms with Crippen LogP contribution in [0.15, 0.2) is 41.4 Å². The van der Waals surface area contributed by atoms with Gasteiger partial charge in [-0.2, -0.15) is 0 Å². The number of benzene rings is 1. The number of nitrogens with zero attached hydrogens (tertiary/aromatic N) is 2. The number of aromatic nitrogens is 1. The lowest BCUT2D eigenvalue weighted by Gasteiger charge is -2.16. The summed E-state index contributed by atoms with van der Waals surface area (Å²) in [6, 6.07) is 6.85. The maximum absolute atomic E-state index is 14.0. The molecule has 0 saturated carbocycles. The van der Waals surface area contributed by atoms with Crippen LogP contribution in [0, 0.1) is 5.82 Å². The Morgan fingerprint density at radius 1 is 1.22 bits per heavy atom. The maximum Gasteiger partial charge on any atom is 0.254 e. The van der Waals surface area contributed by atoms with Crippen molar-refractivity contribution < 1.29 is 17.6 Å². The number of nitrogens with one attached hydrogen (secondary N) is 2. The molecule has 144 valence electrons. The Morgan fingerprint density at radius 3 is 2.59 bits per heavy atom. The molecular weight excluding hydrogens is 371 g/mol. The van der Waals surface area contributed by atoms with Crippen LogP contribution in [0.4, 0.5) is 10.2 Å². The van der Waals surface area contributed by atoms with E-state index in [0.29, 0.717) is 0 Å². The molecule has 0 unspecified atom stereocenters. The molecule has 1 saturated heterocycles. The Labute approximate surface area is 157 Å². The predicted molar refractivity (Wildman–Crippen MR) is 99.5 cm³/mol. The SMILES string of the molecule is CNS(=O)(=O)c1ccc(F)c(C(=O)NCc2ccc(N3CCCC3)nc2)c1. The summed E-state index contributed by atoms with van der Waals surface area (Å²) < 4.78 is 39.8. The van der Waals surface area contributed by atoms with Gasteiger partial charge in [-0.25, -0.2) is 22.5 Å². The summed E-state index contributed by atoms with van der Waals surface area (Å²) in [7, 11) is -2.52. The number of carbonyl (C=O) groups excluding carboxylic acids is 1. The van der Waals surface area contributed by atoms with E-state index in [1.54, 1.807) is 6.20 Å². The van der Waals surface area contributed by atoms with E-state index in [0.717, 1.165) is 55.5 Å². The first kappa shape index (κ1) is 19.2. The molecule has 0 aliphatic carbocycles. The summed E-state index contributed by atoms with van der Waals surface area (Å²) >= 11 is 0. The number of hydrogen-bond acceptors (Lipinski definition) is 5. The summed E-state index contributed by atoms with van der Waals surface area (Å²) in [6.07, 6.45) is 3.99. The minimum atomic E-state index is -3.76. The number of carbonyl (C=O) groups is 1. The van der Waals surface area contributed by atoms with Gasteiger partial charge in [0.05, 0.1) is 10.5 Å². The van der Waals surface area contributed by atoms with E-state index in [2.05, 4.69) is 19.9 Å². The van der Waals surface area contributed by atoms with Crippen molar-refractivity contribution >= 4 is 21.7 Å². The van der Waals surface area contributed by atoms with Crippen molar-refractivity contribution in [3.8, 4) is 0 Å². The fourth-order valence-electron chi connectivity index (χ4n) is 2.90. The van der Waals surface area contributed by atoms with Crippen molar-refractivity contribution in [3.63, 3.8) is 0 Å². The lowest BCUT2D eigenvalue weighted by molar-refractivity contribution is 0.0946. The summed E-state index contributed by atoms with van der Waals surface area (Å²) in [4.78, 5) is 18.7. The van der Waals surface area contributed by atoms with Gasteiger partial charge >= 0.3 is 0 Å². The molecule has 2 heterocycles. The number of amides is 1. The lowest BCUT2D eigenvalue weighted by atomic mass is 10.2. The van der Waals surface area contributed by atoms with E-state index in [1.165, 1.54) is 7.05 Å². The van der Waals surface area contributed by atoms with E-state index in [1.807, 2.05) is 12.1 Å². The van der Waals surface area contributed by atoms with E-state index in [-0.39, 0.29) is 17.0 Å². The van der Waals surface area contributed by atoms with Gasteiger partial charge in [0.15, 0.2) is 0 Å². The van der Waals surface area contributed by atoms with Gasteiger partial charge in [-0.1, -0.05) is 6.07 Å². The Hall–Kier alpha value is -2.52. The normalized spacial score (nSPS) is 14.4. The molecule has 27 heavy (non-hydrogen) atoms. The van der Waals surface area contributed by atoms with Crippen molar-refractivity contribution in [2.45, 2.75) is 24.3 Å². The van der Waals surface area contributed by atoms with E-state index >= 15 is 0 Å². The zero-order chi connectivity index (χ0) is 19.4. The average molecular weight is 392 g/mol. The zero-order valence-electron chi connectivity index (χ0n) is 14.9. The van der Waals surface area contributed by atoms with Crippen LogP contribution < -0.4 is 14.9 Å². The van der Waals surface area contributed by atoms with Gasteiger partial charge in [0.25, 0.3) is 5.91 Å². The highest BCUT2D eigenvalue weighted by Gasteiger charge is 2.18. The number of halogens is 1. The van der Waals surface area contributed by atoms with Crippen LogP contribution in [0.2, 0.25) is 0 Å². The molecule has 1 aromatic heterocycles. The minimum absolute atomic E-state index is 0.161. The minimum Gasteiger partial charge on any atom is -0.357 e. The quantitative estimate of drug-likeness (QED) is 0.780. The van der Waals surface area contributed by atoms with Gasteiger partial charge < -0.3 is 10.2 Å². The van der Waals surface area contributed by atoms with E-state index in [9.17, 15) is 17.6 Å². The average Bonchev–Trinajstić information content (AvgIpc) is 3.21. The van der Waals surface area contributed by atoms with Crippen molar-refractivity contribution in [1.29, 1.82) is 0 Å². The molecule has 0 bridgehead atoms. The van der Waals surface area contributed by atoms with Crippen LogP contribution >= 0.6 is 0 Å². The first-order valence-corrected chi connectivity index (χ1v) is 10.1. The largest absolute Gasteiger partial charge is 0.357 e. The molecule has 0 radical (unpaired) electrons. The molecule has 7 nitrogen and oxygen atoms in total. The second-order valence-corrected chi connectivity index (χ2v) is 8.14. The third-order valence-corrected chi connectivity index (χ3v) is 5.87. The first-order chi connectivity index (χ1) is 12.9. The predicted octanol–water partition coefficient (Wildman–Crippen LogP) is 1.66. The zero-order valence-corrected chi connectivity index (χ0v) is 15.7. The standard InChI is InChI=1S/C18H21FN4O3S/c1-20-27(25,26)14-5-6-16(19)15(10-14)18(24)22-12-13-4-7-17(21-11-13)23-8-2-3-9-23/h4-7,10-11,20H,2-3,8-9,12H2,1H3,(H,22,24). The molecule has 0 spiro atoms. The van der Waals surface area contributed by atoms with Crippen LogP contribution in [-0.2, 0) is 16.6 Å². The molecule has 2 N–H and O–H groups in total. The number of rotatable bonds is 6. The monoisotopic (exact) mass is 392 g/mol. The highest BCUT2D eigenvalue weighted by molar-refractivity contribution is 7.89. The van der Waals surface area contributed by atoms with Crippen LogP contribution in [0.5, 0.6) is 0 Å². The van der Waals surface area contributed by atoms with Crippen LogP contribution in [0.3, 0.4) is 0 Å². The number of anilines is 1. The van der Waals surface area contributed by atoms with Crippen molar-refractivity contribution in [2.75, 3.05) is 25.0 Å². The number of sulfonamides is 1. The van der Waals surface area contributed by atoms with E-state index < -0.39 is 21.7 Å². The van der Waals surface area contributed by atoms with Crippen molar-refractivity contribution in [1.82, 2.24) is 15.0 Å². The van der Waals surface area contributed by atoms with Crippen molar-refractivity contribution in [2.24, 2.45) is 0 Å². The maximum atomic E-state index is 14.0. The molecular formula is C18H21FN4O3S. The highest BCUT2D eigenvalue weighted by Crippen LogP contribution is 2.18. The second kappa shape index (κ2) is 8.01. The molecule has 1 aliphatic heterocycles. The van der Waals surface area contributed by atoms with Gasteiger partial charge in [-0.05, 0) is 49.7 Å². The molecule has 1 aliphatic rings. The van der Waals surface area contributed by atoms with Crippen molar-refractivity contribution in [3.05, 3.63) is 53.5 Å². The third kappa shape index (κ3) is 4.42. The topological polar surface area (TPSA) is 91.4 Å².